The largest absolute Gasteiger partial charge is 0.356 e. The molecule has 24 heavy (non-hydrogen) atoms. The van der Waals surface area contributed by atoms with Crippen molar-refractivity contribution in [3.63, 3.8) is 0 Å². The molecule has 3 rings (SSSR count). The summed E-state index contributed by atoms with van der Waals surface area (Å²) >= 11 is 0. The van der Waals surface area contributed by atoms with E-state index in [4.69, 9.17) is 0 Å². The van der Waals surface area contributed by atoms with Gasteiger partial charge in [0.2, 0.25) is 0 Å². The third-order valence-electron chi connectivity index (χ3n) is 4.44. The van der Waals surface area contributed by atoms with Gasteiger partial charge in [0.15, 0.2) is 5.96 Å². The lowest BCUT2D eigenvalue weighted by Crippen LogP contribution is -2.40. The number of hydrogen-bond donors (Lipinski definition) is 1. The normalized spacial score (nSPS) is 17.7. The van der Waals surface area contributed by atoms with Crippen LogP contribution in [0.25, 0.3) is 0 Å². The van der Waals surface area contributed by atoms with Gasteiger partial charge in [-0.25, -0.2) is 0 Å². The first-order valence-electron chi connectivity index (χ1n) is 8.24. The molecule has 1 aliphatic rings. The molecule has 2 heterocycles. The number of aryl methyl sites for hydroxylation is 1. The predicted molar refractivity (Wildman–Crippen MR) is 109 cm³/mol. The molecule has 0 radical (unpaired) electrons. The molecule has 1 aromatic heterocycles. The summed E-state index contributed by atoms with van der Waals surface area (Å²) < 4.78 is 1.88. The van der Waals surface area contributed by atoms with Crippen LogP contribution >= 0.6 is 24.0 Å². The lowest BCUT2D eigenvalue weighted by Gasteiger charge is -2.21. The average Bonchev–Trinajstić information content (AvgIpc) is 3.21. The number of aromatic nitrogens is 2. The van der Waals surface area contributed by atoms with Crippen LogP contribution in [0.3, 0.4) is 0 Å². The van der Waals surface area contributed by atoms with Gasteiger partial charge in [0.1, 0.15) is 0 Å². The molecular formula is C18H26IN5. The smallest absolute Gasteiger partial charge is 0.193 e. The van der Waals surface area contributed by atoms with Crippen molar-refractivity contribution in [1.29, 1.82) is 0 Å². The van der Waals surface area contributed by atoms with Gasteiger partial charge in [-0.15, -0.1) is 24.0 Å². The van der Waals surface area contributed by atoms with Crippen molar-refractivity contribution >= 4 is 29.9 Å². The highest BCUT2D eigenvalue weighted by Crippen LogP contribution is 2.26. The number of likely N-dealkylation sites (tertiary alicyclic amines) is 1. The van der Waals surface area contributed by atoms with E-state index >= 15 is 0 Å². The molecule has 0 saturated carbocycles. The number of hydrogen-bond acceptors (Lipinski definition) is 2. The maximum absolute atomic E-state index is 4.45. The molecule has 2 aromatic rings. The van der Waals surface area contributed by atoms with Gasteiger partial charge in [-0.3, -0.25) is 9.67 Å². The quantitative estimate of drug-likeness (QED) is 0.453. The molecule has 1 atom stereocenters. The Morgan fingerprint density at radius 1 is 1.33 bits per heavy atom. The molecule has 5 nitrogen and oxygen atoms in total. The molecule has 1 unspecified atom stereocenters. The number of halogens is 1. The lowest BCUT2D eigenvalue weighted by atomic mass is 10.0. The molecule has 6 heteroatoms. The SMILES string of the molecule is CN=C(NCCc1ccccc1)N1CCC(c2cnn(C)c2)C1.I. The summed E-state index contributed by atoms with van der Waals surface area (Å²) in [5.41, 5.74) is 2.68. The van der Waals surface area contributed by atoms with E-state index in [1.807, 2.05) is 25.0 Å². The number of nitrogens with zero attached hydrogens (tertiary/aromatic N) is 4. The van der Waals surface area contributed by atoms with Gasteiger partial charge >= 0.3 is 0 Å². The Labute approximate surface area is 161 Å². The van der Waals surface area contributed by atoms with Gasteiger partial charge in [0, 0.05) is 45.8 Å². The summed E-state index contributed by atoms with van der Waals surface area (Å²) in [7, 11) is 3.84. The van der Waals surface area contributed by atoms with Crippen LogP contribution < -0.4 is 5.32 Å². The van der Waals surface area contributed by atoms with E-state index in [1.165, 1.54) is 11.1 Å². The minimum atomic E-state index is 0. The minimum Gasteiger partial charge on any atom is -0.356 e. The molecule has 0 bridgehead atoms. The first kappa shape index (κ1) is 18.8. The van der Waals surface area contributed by atoms with Crippen LogP contribution in [0.5, 0.6) is 0 Å². The van der Waals surface area contributed by atoms with Gasteiger partial charge in [-0.1, -0.05) is 30.3 Å². The number of benzene rings is 1. The van der Waals surface area contributed by atoms with Crippen LogP contribution in [-0.2, 0) is 13.5 Å². The second-order valence-corrected chi connectivity index (χ2v) is 6.09. The van der Waals surface area contributed by atoms with Crippen LogP contribution in [0.15, 0.2) is 47.7 Å². The lowest BCUT2D eigenvalue weighted by molar-refractivity contribution is 0.486. The maximum atomic E-state index is 4.45. The second kappa shape index (κ2) is 9.05. The molecule has 1 aromatic carbocycles. The van der Waals surface area contributed by atoms with Crippen molar-refractivity contribution < 1.29 is 0 Å². The molecule has 1 aliphatic heterocycles. The molecule has 1 saturated heterocycles. The number of guanidine groups is 1. The zero-order chi connectivity index (χ0) is 16.1. The van der Waals surface area contributed by atoms with Crippen molar-refractivity contribution in [1.82, 2.24) is 20.0 Å². The molecule has 0 spiro atoms. The summed E-state index contributed by atoms with van der Waals surface area (Å²) in [6.45, 7) is 2.96. The summed E-state index contributed by atoms with van der Waals surface area (Å²) in [4.78, 5) is 6.80. The molecule has 0 amide bonds. The van der Waals surface area contributed by atoms with Crippen molar-refractivity contribution in [3.05, 3.63) is 53.9 Å². The third kappa shape index (κ3) is 4.72. The average molecular weight is 439 g/mol. The first-order chi connectivity index (χ1) is 11.3. The highest BCUT2D eigenvalue weighted by atomic mass is 127. The first-order valence-corrected chi connectivity index (χ1v) is 8.24. The predicted octanol–water partition coefficient (Wildman–Crippen LogP) is 2.65. The Bertz CT molecular complexity index is 652. The van der Waals surface area contributed by atoms with E-state index in [2.05, 4.69) is 56.8 Å². The van der Waals surface area contributed by atoms with Crippen LogP contribution in [0.1, 0.15) is 23.5 Å². The number of nitrogens with one attached hydrogen (secondary N) is 1. The van der Waals surface area contributed by atoms with Gasteiger partial charge in [0.25, 0.3) is 0 Å². The highest BCUT2D eigenvalue weighted by Gasteiger charge is 2.26. The summed E-state index contributed by atoms with van der Waals surface area (Å²) in [5.74, 6) is 1.56. The highest BCUT2D eigenvalue weighted by molar-refractivity contribution is 14.0. The van der Waals surface area contributed by atoms with Crippen LogP contribution in [0, 0.1) is 0 Å². The van der Waals surface area contributed by atoms with E-state index in [9.17, 15) is 0 Å². The van der Waals surface area contributed by atoms with Crippen LogP contribution in [-0.4, -0.2) is 47.3 Å². The molecule has 1 N–H and O–H groups in total. The topological polar surface area (TPSA) is 45.5 Å². The van der Waals surface area contributed by atoms with Crippen LogP contribution in [0.2, 0.25) is 0 Å². The zero-order valence-electron chi connectivity index (χ0n) is 14.4. The Balaban J connectivity index is 0.00000208. The second-order valence-electron chi connectivity index (χ2n) is 6.09. The van der Waals surface area contributed by atoms with Gasteiger partial charge in [-0.2, -0.15) is 5.10 Å². The number of aliphatic imine (C=N–C) groups is 1. The molecule has 0 aliphatic carbocycles. The van der Waals surface area contributed by atoms with E-state index < -0.39 is 0 Å². The third-order valence-corrected chi connectivity index (χ3v) is 4.44. The van der Waals surface area contributed by atoms with Crippen molar-refractivity contribution in [3.8, 4) is 0 Å². The van der Waals surface area contributed by atoms with Crippen molar-refractivity contribution in [2.24, 2.45) is 12.0 Å². The Kier molecular flexibility index (Phi) is 7.08. The zero-order valence-corrected chi connectivity index (χ0v) is 16.7. The summed E-state index contributed by atoms with van der Waals surface area (Å²) in [5, 5.41) is 7.78. The Hall–Kier alpha value is -1.57. The summed E-state index contributed by atoms with van der Waals surface area (Å²) in [6, 6.07) is 10.6. The van der Waals surface area contributed by atoms with E-state index in [0.717, 1.165) is 38.4 Å². The summed E-state index contributed by atoms with van der Waals surface area (Å²) in [6.07, 6.45) is 6.28. The van der Waals surface area contributed by atoms with Gasteiger partial charge in [0.05, 0.1) is 6.20 Å². The van der Waals surface area contributed by atoms with Crippen molar-refractivity contribution in [2.75, 3.05) is 26.7 Å². The van der Waals surface area contributed by atoms with E-state index in [-0.39, 0.29) is 24.0 Å². The Morgan fingerprint density at radius 2 is 2.12 bits per heavy atom. The fourth-order valence-electron chi connectivity index (χ4n) is 3.17. The fraction of sp³-hybridized carbons (Fsp3) is 0.444. The minimum absolute atomic E-state index is 0. The van der Waals surface area contributed by atoms with Crippen molar-refractivity contribution in [2.45, 2.75) is 18.8 Å². The van der Waals surface area contributed by atoms with Gasteiger partial charge < -0.3 is 10.2 Å². The fourth-order valence-corrected chi connectivity index (χ4v) is 3.17. The van der Waals surface area contributed by atoms with E-state index in [1.54, 1.807) is 0 Å². The Morgan fingerprint density at radius 3 is 2.79 bits per heavy atom. The standard InChI is InChI=1S/C18H25N5.HI/c1-19-18(20-10-8-15-6-4-3-5-7-15)23-11-9-16(14-23)17-12-21-22(2)13-17;/h3-7,12-13,16H,8-11,14H2,1-2H3,(H,19,20);1H. The molecule has 130 valence electrons. The van der Waals surface area contributed by atoms with Crippen LogP contribution in [0.4, 0.5) is 0 Å². The monoisotopic (exact) mass is 439 g/mol. The number of rotatable bonds is 4. The van der Waals surface area contributed by atoms with Gasteiger partial charge in [-0.05, 0) is 24.0 Å². The maximum Gasteiger partial charge on any atom is 0.193 e. The molecule has 1 fully saturated rings. The molecular weight excluding hydrogens is 413 g/mol. The van der Waals surface area contributed by atoms with E-state index in [0.29, 0.717) is 5.92 Å².